The molecule has 0 saturated heterocycles. The first-order valence-electron chi connectivity index (χ1n) is 6.28. The Balaban J connectivity index is 2.15. The van der Waals surface area contributed by atoms with Gasteiger partial charge in [0.25, 0.3) is 0 Å². The van der Waals surface area contributed by atoms with E-state index in [1.807, 2.05) is 25.1 Å². The fourth-order valence-corrected chi connectivity index (χ4v) is 2.08. The molecule has 21 heavy (non-hydrogen) atoms. The van der Waals surface area contributed by atoms with Crippen molar-refractivity contribution in [3.63, 3.8) is 0 Å². The second kappa shape index (κ2) is 4.86. The molecular formula is C14H13N5O2. The maximum absolute atomic E-state index is 11.4. The largest absolute Gasteiger partial charge is 0.437 e. The molecule has 0 aliphatic carbocycles. The lowest BCUT2D eigenvalue weighted by Gasteiger charge is -2.08. The summed E-state index contributed by atoms with van der Waals surface area (Å²) in [6, 6.07) is 5.61. The Kier molecular flexibility index (Phi) is 3.02. The van der Waals surface area contributed by atoms with Gasteiger partial charge in [0.2, 0.25) is 5.89 Å². The van der Waals surface area contributed by atoms with Crippen molar-refractivity contribution in [3.8, 4) is 22.7 Å². The number of benzene rings is 1. The average molecular weight is 283 g/mol. The van der Waals surface area contributed by atoms with E-state index in [1.54, 1.807) is 13.2 Å². The van der Waals surface area contributed by atoms with Crippen LogP contribution in [-0.2, 0) is 7.05 Å². The Morgan fingerprint density at radius 1 is 1.19 bits per heavy atom. The lowest BCUT2D eigenvalue weighted by atomic mass is 10.0. The molecule has 3 aromatic rings. The number of rotatable bonds is 2. The average Bonchev–Trinajstić information content (AvgIpc) is 2.80. The third kappa shape index (κ3) is 2.29. The fourth-order valence-electron chi connectivity index (χ4n) is 2.08. The van der Waals surface area contributed by atoms with Crippen LogP contribution in [0.25, 0.3) is 22.7 Å². The van der Waals surface area contributed by atoms with Crippen LogP contribution in [0.5, 0.6) is 0 Å². The van der Waals surface area contributed by atoms with Crippen molar-refractivity contribution in [2.45, 2.75) is 6.92 Å². The third-order valence-corrected chi connectivity index (χ3v) is 3.20. The Bertz CT molecular complexity index is 849. The summed E-state index contributed by atoms with van der Waals surface area (Å²) in [4.78, 5) is 19.7. The summed E-state index contributed by atoms with van der Waals surface area (Å²) in [6.45, 7) is 1.91. The minimum Gasteiger partial charge on any atom is -0.388 e. The van der Waals surface area contributed by atoms with E-state index in [-0.39, 0.29) is 5.89 Å². The Morgan fingerprint density at radius 3 is 2.57 bits per heavy atom. The van der Waals surface area contributed by atoms with E-state index in [0.717, 1.165) is 21.4 Å². The Morgan fingerprint density at radius 2 is 1.95 bits per heavy atom. The third-order valence-electron chi connectivity index (χ3n) is 3.20. The van der Waals surface area contributed by atoms with Gasteiger partial charge in [-0.25, -0.2) is 9.78 Å². The SMILES string of the molecule is Cc1c(-c2cnc(N)cn2)cccc1-c1nn(C)c(=O)o1. The van der Waals surface area contributed by atoms with E-state index in [1.165, 1.54) is 6.20 Å². The van der Waals surface area contributed by atoms with E-state index in [2.05, 4.69) is 15.1 Å². The molecule has 106 valence electrons. The van der Waals surface area contributed by atoms with Crippen molar-refractivity contribution in [1.29, 1.82) is 0 Å². The molecule has 2 heterocycles. The number of hydrogen-bond acceptors (Lipinski definition) is 6. The van der Waals surface area contributed by atoms with Crippen molar-refractivity contribution in [2.24, 2.45) is 7.05 Å². The summed E-state index contributed by atoms with van der Waals surface area (Å²) < 4.78 is 6.29. The van der Waals surface area contributed by atoms with E-state index in [0.29, 0.717) is 11.5 Å². The predicted molar refractivity (Wildman–Crippen MR) is 77.4 cm³/mol. The summed E-state index contributed by atoms with van der Waals surface area (Å²) in [7, 11) is 1.54. The van der Waals surface area contributed by atoms with Gasteiger partial charge in [-0.2, -0.15) is 4.68 Å². The maximum Gasteiger partial charge on any atom is 0.437 e. The second-order valence-electron chi connectivity index (χ2n) is 4.60. The molecule has 0 radical (unpaired) electrons. The maximum atomic E-state index is 11.4. The highest BCUT2D eigenvalue weighted by atomic mass is 16.4. The van der Waals surface area contributed by atoms with Crippen LogP contribution in [0.1, 0.15) is 5.56 Å². The molecule has 0 fully saturated rings. The van der Waals surface area contributed by atoms with Gasteiger partial charge >= 0.3 is 5.76 Å². The van der Waals surface area contributed by atoms with Crippen LogP contribution in [0.2, 0.25) is 0 Å². The lowest BCUT2D eigenvalue weighted by Crippen LogP contribution is -2.09. The number of nitrogen functional groups attached to an aromatic ring is 1. The minimum absolute atomic E-state index is 0.283. The summed E-state index contributed by atoms with van der Waals surface area (Å²) in [6.07, 6.45) is 3.11. The normalized spacial score (nSPS) is 10.8. The van der Waals surface area contributed by atoms with E-state index < -0.39 is 5.76 Å². The van der Waals surface area contributed by atoms with Crippen LogP contribution < -0.4 is 11.5 Å². The fraction of sp³-hybridized carbons (Fsp3) is 0.143. The van der Waals surface area contributed by atoms with Gasteiger partial charge in [0.05, 0.1) is 18.1 Å². The lowest BCUT2D eigenvalue weighted by molar-refractivity contribution is 0.505. The predicted octanol–water partition coefficient (Wildman–Crippen LogP) is 1.39. The first-order valence-corrected chi connectivity index (χ1v) is 6.28. The molecule has 2 aromatic heterocycles. The van der Waals surface area contributed by atoms with Crippen LogP contribution in [0, 0.1) is 6.92 Å². The molecular weight excluding hydrogens is 270 g/mol. The van der Waals surface area contributed by atoms with Crippen LogP contribution in [0.4, 0.5) is 5.82 Å². The van der Waals surface area contributed by atoms with Crippen LogP contribution in [-0.4, -0.2) is 19.7 Å². The van der Waals surface area contributed by atoms with E-state index in [9.17, 15) is 4.79 Å². The van der Waals surface area contributed by atoms with Crippen molar-refractivity contribution in [3.05, 3.63) is 46.7 Å². The van der Waals surface area contributed by atoms with Gasteiger partial charge in [-0.3, -0.25) is 4.98 Å². The number of nitrogens with two attached hydrogens (primary N) is 1. The molecule has 0 unspecified atom stereocenters. The molecule has 3 rings (SSSR count). The van der Waals surface area contributed by atoms with Gasteiger partial charge < -0.3 is 10.2 Å². The Labute approximate surface area is 120 Å². The number of nitrogens with zero attached hydrogens (tertiary/aromatic N) is 4. The molecule has 7 heteroatoms. The topological polar surface area (TPSA) is 99.8 Å². The van der Waals surface area contributed by atoms with Crippen molar-refractivity contribution in [1.82, 2.24) is 19.7 Å². The number of aromatic nitrogens is 4. The van der Waals surface area contributed by atoms with Gasteiger partial charge in [0.1, 0.15) is 5.82 Å². The second-order valence-corrected chi connectivity index (χ2v) is 4.60. The highest BCUT2D eigenvalue weighted by Gasteiger charge is 2.14. The van der Waals surface area contributed by atoms with E-state index >= 15 is 0 Å². The molecule has 1 aromatic carbocycles. The number of hydrogen-bond donors (Lipinski definition) is 1. The first kappa shape index (κ1) is 13.0. The van der Waals surface area contributed by atoms with Crippen LogP contribution in [0.15, 0.2) is 39.8 Å². The monoisotopic (exact) mass is 283 g/mol. The molecule has 0 aliphatic heterocycles. The summed E-state index contributed by atoms with van der Waals surface area (Å²) in [5.41, 5.74) is 8.77. The van der Waals surface area contributed by atoms with Crippen molar-refractivity contribution < 1.29 is 4.42 Å². The standard InChI is InChI=1S/C14H13N5O2/c1-8-9(11-6-17-12(15)7-16-11)4-3-5-10(8)13-18-19(2)14(20)21-13/h3-7H,1-2H3,(H2,15,17). The van der Waals surface area contributed by atoms with E-state index in [4.69, 9.17) is 10.2 Å². The molecule has 0 spiro atoms. The molecule has 0 saturated carbocycles. The van der Waals surface area contributed by atoms with Crippen molar-refractivity contribution in [2.75, 3.05) is 5.73 Å². The summed E-state index contributed by atoms with van der Waals surface area (Å²) >= 11 is 0. The smallest absolute Gasteiger partial charge is 0.388 e. The molecule has 0 aliphatic rings. The summed E-state index contributed by atoms with van der Waals surface area (Å²) in [5, 5.41) is 4.07. The minimum atomic E-state index is -0.498. The zero-order chi connectivity index (χ0) is 15.0. The van der Waals surface area contributed by atoms with Gasteiger partial charge in [0, 0.05) is 18.2 Å². The molecule has 0 atom stereocenters. The zero-order valence-corrected chi connectivity index (χ0v) is 11.6. The van der Waals surface area contributed by atoms with Gasteiger partial charge in [-0.1, -0.05) is 12.1 Å². The van der Waals surface area contributed by atoms with Gasteiger partial charge in [-0.05, 0) is 18.6 Å². The zero-order valence-electron chi connectivity index (χ0n) is 11.6. The quantitative estimate of drug-likeness (QED) is 0.762. The number of aryl methyl sites for hydroxylation is 1. The molecule has 2 N–H and O–H groups in total. The van der Waals surface area contributed by atoms with Crippen LogP contribution in [0.3, 0.4) is 0 Å². The molecule has 0 amide bonds. The number of anilines is 1. The van der Waals surface area contributed by atoms with Gasteiger partial charge in [0.15, 0.2) is 0 Å². The molecule has 0 bridgehead atoms. The first-order chi connectivity index (χ1) is 10.1. The van der Waals surface area contributed by atoms with Gasteiger partial charge in [-0.15, -0.1) is 5.10 Å². The highest BCUT2D eigenvalue weighted by molar-refractivity contribution is 5.72. The van der Waals surface area contributed by atoms with Crippen LogP contribution >= 0.6 is 0 Å². The Hall–Kier alpha value is -2.96. The van der Waals surface area contributed by atoms with Crippen molar-refractivity contribution >= 4 is 5.82 Å². The summed E-state index contributed by atoms with van der Waals surface area (Å²) in [5.74, 6) is 0.149. The molecule has 7 nitrogen and oxygen atoms in total. The highest BCUT2D eigenvalue weighted by Crippen LogP contribution is 2.29.